The van der Waals surface area contributed by atoms with Crippen molar-refractivity contribution in [2.24, 2.45) is 0 Å². The lowest BCUT2D eigenvalue weighted by atomic mass is 10.3. The van der Waals surface area contributed by atoms with Crippen molar-refractivity contribution in [1.29, 1.82) is 5.26 Å². The fourth-order valence-corrected chi connectivity index (χ4v) is 0.782. The molecule has 0 radical (unpaired) electrons. The summed E-state index contributed by atoms with van der Waals surface area (Å²) in [6.45, 7) is 5.45. The zero-order valence-corrected chi connectivity index (χ0v) is 8.76. The molecule has 0 aliphatic heterocycles. The standard InChI is InChI=1S/C10H17N3O/c1-9(2)4-7-12-8-10(14)13-6-3-5-11/h4,12H,3,6-8H2,1-2H3,(H,13,14). The molecular weight excluding hydrogens is 178 g/mol. The highest BCUT2D eigenvalue weighted by Gasteiger charge is 1.97. The molecule has 0 unspecified atom stereocenters. The van der Waals surface area contributed by atoms with E-state index in [1.54, 1.807) is 0 Å². The van der Waals surface area contributed by atoms with Crippen LogP contribution < -0.4 is 10.6 Å². The number of nitrogens with zero attached hydrogens (tertiary/aromatic N) is 1. The number of hydrogen-bond donors (Lipinski definition) is 2. The molecule has 0 bridgehead atoms. The van der Waals surface area contributed by atoms with Gasteiger partial charge >= 0.3 is 0 Å². The summed E-state index contributed by atoms with van der Waals surface area (Å²) in [7, 11) is 0. The molecule has 2 N–H and O–H groups in total. The van der Waals surface area contributed by atoms with Crippen LogP contribution in [0.25, 0.3) is 0 Å². The Morgan fingerprint density at radius 3 is 2.79 bits per heavy atom. The van der Waals surface area contributed by atoms with Crippen molar-refractivity contribution in [3.05, 3.63) is 11.6 Å². The maximum atomic E-state index is 11.1. The van der Waals surface area contributed by atoms with Gasteiger partial charge < -0.3 is 10.6 Å². The summed E-state index contributed by atoms with van der Waals surface area (Å²) in [5.74, 6) is -0.0672. The van der Waals surface area contributed by atoms with Gasteiger partial charge in [0, 0.05) is 13.1 Å². The highest BCUT2D eigenvalue weighted by Crippen LogP contribution is 1.84. The second-order valence-electron chi connectivity index (χ2n) is 3.17. The van der Waals surface area contributed by atoms with Crippen molar-refractivity contribution in [3.63, 3.8) is 0 Å². The second kappa shape index (κ2) is 8.27. The average Bonchev–Trinajstić information content (AvgIpc) is 2.13. The van der Waals surface area contributed by atoms with Gasteiger partial charge in [0.2, 0.25) is 5.91 Å². The molecule has 0 heterocycles. The number of nitrogens with one attached hydrogen (secondary N) is 2. The van der Waals surface area contributed by atoms with E-state index in [0.717, 1.165) is 0 Å². The van der Waals surface area contributed by atoms with Gasteiger partial charge in [-0.2, -0.15) is 5.26 Å². The fourth-order valence-electron chi connectivity index (χ4n) is 0.782. The minimum atomic E-state index is -0.0672. The van der Waals surface area contributed by atoms with Gasteiger partial charge in [-0.15, -0.1) is 0 Å². The Morgan fingerprint density at radius 1 is 1.50 bits per heavy atom. The predicted octanol–water partition coefficient (Wildman–Crippen LogP) is 0.572. The molecule has 0 atom stereocenters. The van der Waals surface area contributed by atoms with E-state index < -0.39 is 0 Å². The molecule has 78 valence electrons. The SMILES string of the molecule is CC(C)=CCNCC(=O)NCCC#N. The van der Waals surface area contributed by atoms with Crippen LogP contribution in [0.15, 0.2) is 11.6 Å². The monoisotopic (exact) mass is 195 g/mol. The van der Waals surface area contributed by atoms with E-state index in [2.05, 4.69) is 10.6 Å². The summed E-state index contributed by atoms with van der Waals surface area (Å²) in [6.07, 6.45) is 2.38. The molecular formula is C10H17N3O. The van der Waals surface area contributed by atoms with Crippen LogP contribution in [0.4, 0.5) is 0 Å². The Hall–Kier alpha value is -1.34. The third kappa shape index (κ3) is 8.75. The van der Waals surface area contributed by atoms with Crippen LogP contribution in [-0.2, 0) is 4.79 Å². The molecule has 0 aromatic heterocycles. The van der Waals surface area contributed by atoms with Crippen molar-refractivity contribution >= 4 is 5.91 Å². The Labute approximate surface area is 85.0 Å². The number of nitriles is 1. The van der Waals surface area contributed by atoms with E-state index >= 15 is 0 Å². The van der Waals surface area contributed by atoms with E-state index in [0.29, 0.717) is 26.1 Å². The van der Waals surface area contributed by atoms with Crippen LogP contribution in [0.5, 0.6) is 0 Å². The van der Waals surface area contributed by atoms with Crippen molar-refractivity contribution in [2.45, 2.75) is 20.3 Å². The van der Waals surface area contributed by atoms with E-state index in [-0.39, 0.29) is 5.91 Å². The van der Waals surface area contributed by atoms with Gasteiger partial charge in [0.15, 0.2) is 0 Å². The molecule has 0 aliphatic carbocycles. The average molecular weight is 195 g/mol. The van der Waals surface area contributed by atoms with Gasteiger partial charge in [-0.1, -0.05) is 11.6 Å². The van der Waals surface area contributed by atoms with E-state index in [1.165, 1.54) is 5.57 Å². The number of rotatable bonds is 6. The summed E-state index contributed by atoms with van der Waals surface area (Å²) < 4.78 is 0. The van der Waals surface area contributed by atoms with Gasteiger partial charge in [0.05, 0.1) is 19.0 Å². The highest BCUT2D eigenvalue weighted by atomic mass is 16.1. The maximum Gasteiger partial charge on any atom is 0.233 e. The molecule has 0 fully saturated rings. The molecule has 1 amide bonds. The molecule has 14 heavy (non-hydrogen) atoms. The number of carbonyl (C=O) groups is 1. The first-order chi connectivity index (χ1) is 6.66. The van der Waals surface area contributed by atoms with Gasteiger partial charge in [-0.3, -0.25) is 4.79 Å². The van der Waals surface area contributed by atoms with E-state index in [9.17, 15) is 4.79 Å². The first-order valence-electron chi connectivity index (χ1n) is 4.64. The lowest BCUT2D eigenvalue weighted by molar-refractivity contribution is -0.120. The van der Waals surface area contributed by atoms with Crippen LogP contribution >= 0.6 is 0 Å². The molecule has 4 nitrogen and oxygen atoms in total. The van der Waals surface area contributed by atoms with Gasteiger partial charge in [0.25, 0.3) is 0 Å². The van der Waals surface area contributed by atoms with Crippen LogP contribution in [0.3, 0.4) is 0 Å². The van der Waals surface area contributed by atoms with Crippen molar-refractivity contribution in [2.75, 3.05) is 19.6 Å². The Morgan fingerprint density at radius 2 is 2.21 bits per heavy atom. The van der Waals surface area contributed by atoms with E-state index in [4.69, 9.17) is 5.26 Å². The normalized spacial score (nSPS) is 8.93. The molecule has 0 aliphatic rings. The molecule has 0 aromatic rings. The molecule has 4 heteroatoms. The van der Waals surface area contributed by atoms with Gasteiger partial charge in [-0.25, -0.2) is 0 Å². The third-order valence-electron chi connectivity index (χ3n) is 1.50. The number of allylic oxidation sites excluding steroid dienone is 1. The smallest absolute Gasteiger partial charge is 0.233 e. The Kier molecular flexibility index (Phi) is 7.48. The molecule has 0 aromatic carbocycles. The summed E-state index contributed by atoms with van der Waals surface area (Å²) in [4.78, 5) is 11.1. The van der Waals surface area contributed by atoms with Crippen molar-refractivity contribution < 1.29 is 4.79 Å². The Bertz CT molecular complexity index is 236. The molecule has 0 spiro atoms. The van der Waals surface area contributed by atoms with Gasteiger partial charge in [-0.05, 0) is 13.8 Å². The second-order valence-corrected chi connectivity index (χ2v) is 3.17. The van der Waals surface area contributed by atoms with Crippen LogP contribution in [-0.4, -0.2) is 25.5 Å². The largest absolute Gasteiger partial charge is 0.354 e. The van der Waals surface area contributed by atoms with E-state index in [1.807, 2.05) is 26.0 Å². The maximum absolute atomic E-state index is 11.1. The number of hydrogen-bond acceptors (Lipinski definition) is 3. The fraction of sp³-hybridized carbons (Fsp3) is 0.600. The summed E-state index contributed by atoms with van der Waals surface area (Å²) in [5, 5.41) is 13.8. The summed E-state index contributed by atoms with van der Waals surface area (Å²) >= 11 is 0. The van der Waals surface area contributed by atoms with Crippen molar-refractivity contribution in [1.82, 2.24) is 10.6 Å². The first-order valence-corrected chi connectivity index (χ1v) is 4.64. The topological polar surface area (TPSA) is 64.9 Å². The molecule has 0 rings (SSSR count). The molecule has 0 saturated carbocycles. The lowest BCUT2D eigenvalue weighted by Gasteiger charge is -2.02. The molecule has 0 saturated heterocycles. The predicted molar refractivity (Wildman–Crippen MR) is 55.5 cm³/mol. The van der Waals surface area contributed by atoms with Crippen LogP contribution in [0.1, 0.15) is 20.3 Å². The summed E-state index contributed by atoms with van der Waals surface area (Å²) in [5.41, 5.74) is 1.22. The quantitative estimate of drug-likeness (QED) is 0.481. The summed E-state index contributed by atoms with van der Waals surface area (Å²) in [6, 6.07) is 1.96. The first kappa shape index (κ1) is 12.7. The van der Waals surface area contributed by atoms with Crippen LogP contribution in [0, 0.1) is 11.3 Å². The minimum absolute atomic E-state index is 0.0672. The number of amides is 1. The zero-order valence-electron chi connectivity index (χ0n) is 8.76. The minimum Gasteiger partial charge on any atom is -0.354 e. The highest BCUT2D eigenvalue weighted by molar-refractivity contribution is 5.77. The van der Waals surface area contributed by atoms with Crippen LogP contribution in [0.2, 0.25) is 0 Å². The zero-order chi connectivity index (χ0) is 10.8. The lowest BCUT2D eigenvalue weighted by Crippen LogP contribution is -2.34. The van der Waals surface area contributed by atoms with Crippen molar-refractivity contribution in [3.8, 4) is 6.07 Å². The third-order valence-corrected chi connectivity index (χ3v) is 1.50. The number of carbonyl (C=O) groups excluding carboxylic acids is 1. The Balaban J connectivity index is 3.37. The van der Waals surface area contributed by atoms with Gasteiger partial charge in [0.1, 0.15) is 0 Å².